The highest BCUT2D eigenvalue weighted by Crippen LogP contribution is 2.59. The molecule has 0 bridgehead atoms. The molecular formula is C27H27NP. The van der Waals surface area contributed by atoms with Crippen molar-refractivity contribution >= 4 is 18.5 Å². The van der Waals surface area contributed by atoms with Crippen molar-refractivity contribution < 1.29 is 0 Å². The number of nitrogens with zero attached hydrogens (tertiary/aromatic N) is 1. The molecule has 145 valence electrons. The van der Waals surface area contributed by atoms with Crippen LogP contribution in [0.25, 0.3) is 0 Å². The van der Waals surface area contributed by atoms with Gasteiger partial charge >= 0.3 is 0 Å². The third kappa shape index (κ3) is 4.47. The van der Waals surface area contributed by atoms with Gasteiger partial charge < -0.3 is 4.90 Å². The first-order valence-electron chi connectivity index (χ1n) is 10.0. The number of rotatable bonds is 6. The van der Waals surface area contributed by atoms with Gasteiger partial charge in [-0.2, -0.15) is 0 Å². The fraction of sp³-hybridized carbons (Fsp3) is 0.148. The van der Waals surface area contributed by atoms with Crippen molar-refractivity contribution in [3.05, 3.63) is 127 Å². The highest BCUT2D eigenvalue weighted by molar-refractivity contribution is 7.76. The summed E-state index contributed by atoms with van der Waals surface area (Å²) >= 11 is 0. The molecular weight excluding hydrogens is 369 g/mol. The van der Waals surface area contributed by atoms with Crippen molar-refractivity contribution in [1.82, 2.24) is 4.90 Å². The second-order valence-corrected chi connectivity index (χ2v) is 9.84. The zero-order valence-electron chi connectivity index (χ0n) is 17.3. The summed E-state index contributed by atoms with van der Waals surface area (Å²) in [6.07, 6.45) is 6.86. The fourth-order valence-electron chi connectivity index (χ4n) is 4.02. The maximum absolute atomic E-state index is 2.35. The SMILES string of the molecule is Cc1cccc(P([C]2[CH][CH][CH][C]2C(c2ccccc2)N(C)C)c2ccccc2)c1. The second-order valence-electron chi connectivity index (χ2n) is 7.65. The largest absolute Gasteiger partial charge is 0.302 e. The van der Waals surface area contributed by atoms with Crippen LogP contribution in [0.3, 0.4) is 0 Å². The van der Waals surface area contributed by atoms with Gasteiger partial charge in [-0.3, -0.25) is 0 Å². The molecule has 2 unspecified atom stereocenters. The Kier molecular flexibility index (Phi) is 6.48. The summed E-state index contributed by atoms with van der Waals surface area (Å²) in [5, 5.41) is 2.80. The Morgan fingerprint density at radius 1 is 0.724 bits per heavy atom. The van der Waals surface area contributed by atoms with E-state index in [0.29, 0.717) is 0 Å². The Morgan fingerprint density at radius 3 is 2.03 bits per heavy atom. The Hall–Kier alpha value is -1.95. The van der Waals surface area contributed by atoms with Gasteiger partial charge in [0.25, 0.3) is 0 Å². The van der Waals surface area contributed by atoms with Gasteiger partial charge in [0.1, 0.15) is 0 Å². The van der Waals surface area contributed by atoms with Crippen molar-refractivity contribution in [2.45, 2.75) is 13.0 Å². The monoisotopic (exact) mass is 396 g/mol. The summed E-state index contributed by atoms with van der Waals surface area (Å²) in [6, 6.07) is 31.0. The van der Waals surface area contributed by atoms with Crippen LogP contribution in [0.5, 0.6) is 0 Å². The van der Waals surface area contributed by atoms with Crippen LogP contribution < -0.4 is 10.6 Å². The van der Waals surface area contributed by atoms with Gasteiger partial charge in [0.05, 0.1) is 0 Å². The topological polar surface area (TPSA) is 3.24 Å². The molecule has 2 atom stereocenters. The number of hydrogen-bond acceptors (Lipinski definition) is 1. The predicted octanol–water partition coefficient (Wildman–Crippen LogP) is 5.46. The average Bonchev–Trinajstić information content (AvgIpc) is 3.18. The van der Waals surface area contributed by atoms with Crippen molar-refractivity contribution in [3.63, 3.8) is 0 Å². The van der Waals surface area contributed by atoms with Gasteiger partial charge in [0.2, 0.25) is 0 Å². The number of benzene rings is 3. The van der Waals surface area contributed by atoms with E-state index in [0.717, 1.165) is 0 Å². The lowest BCUT2D eigenvalue weighted by atomic mass is 9.90. The lowest BCUT2D eigenvalue weighted by Crippen LogP contribution is -2.30. The molecule has 5 radical (unpaired) electrons. The fourth-order valence-corrected chi connectivity index (χ4v) is 6.60. The first-order chi connectivity index (χ1) is 14.1. The van der Waals surface area contributed by atoms with Crippen LogP contribution in [0, 0.1) is 37.8 Å². The summed E-state index contributed by atoms with van der Waals surface area (Å²) in [7, 11) is 3.72. The van der Waals surface area contributed by atoms with Crippen molar-refractivity contribution in [1.29, 1.82) is 0 Å². The average molecular weight is 396 g/mol. The van der Waals surface area contributed by atoms with Gasteiger partial charge in [-0.1, -0.05) is 90.5 Å². The summed E-state index contributed by atoms with van der Waals surface area (Å²) < 4.78 is 0. The molecule has 0 saturated heterocycles. The molecule has 0 aromatic heterocycles. The maximum atomic E-state index is 2.35. The number of hydrogen-bond donors (Lipinski definition) is 0. The molecule has 4 rings (SSSR count). The molecule has 29 heavy (non-hydrogen) atoms. The highest BCUT2D eigenvalue weighted by atomic mass is 31.1. The molecule has 1 aliphatic carbocycles. The quantitative estimate of drug-likeness (QED) is 0.500. The molecule has 0 heterocycles. The summed E-state index contributed by atoms with van der Waals surface area (Å²) in [6.45, 7) is 2.18. The molecule has 1 fully saturated rings. The number of aryl methyl sites for hydroxylation is 1. The minimum Gasteiger partial charge on any atom is -0.302 e. The Balaban J connectivity index is 1.77. The van der Waals surface area contributed by atoms with Gasteiger partial charge in [-0.25, -0.2) is 0 Å². The van der Waals surface area contributed by atoms with Crippen LogP contribution in [-0.2, 0) is 0 Å². The Bertz CT molecular complexity index is 906. The first-order valence-corrected chi connectivity index (χ1v) is 11.4. The maximum Gasteiger partial charge on any atom is 0.0417 e. The van der Waals surface area contributed by atoms with Crippen LogP contribution in [0.15, 0.2) is 84.9 Å². The molecule has 1 nitrogen and oxygen atoms in total. The highest BCUT2D eigenvalue weighted by Gasteiger charge is 2.42. The smallest absolute Gasteiger partial charge is 0.0417 e. The Labute approximate surface area is 177 Å². The van der Waals surface area contributed by atoms with E-state index in [9.17, 15) is 0 Å². The standard InChI is InChI=1S/C27H27NP/c1-21-12-10-17-24(20-21)29(23-15-8-5-9-16-23)26-19-11-18-25(26)27(28(2)3)22-13-6-4-7-14-22/h4-20,27H,1-3H3. The van der Waals surface area contributed by atoms with E-state index in [1.54, 1.807) is 0 Å². The zero-order chi connectivity index (χ0) is 20.2. The summed E-state index contributed by atoms with van der Waals surface area (Å²) in [5.41, 5.74) is 4.09. The van der Waals surface area contributed by atoms with Crippen LogP contribution in [-0.4, -0.2) is 19.0 Å². The summed E-state index contributed by atoms with van der Waals surface area (Å²) in [4.78, 5) is 2.32. The van der Waals surface area contributed by atoms with Gasteiger partial charge in [0.15, 0.2) is 0 Å². The third-order valence-electron chi connectivity index (χ3n) is 5.27. The molecule has 1 saturated carbocycles. The van der Waals surface area contributed by atoms with Crippen LogP contribution in [0.4, 0.5) is 0 Å². The van der Waals surface area contributed by atoms with E-state index in [1.807, 2.05) is 0 Å². The predicted molar refractivity (Wildman–Crippen MR) is 126 cm³/mol. The summed E-state index contributed by atoms with van der Waals surface area (Å²) in [5.74, 6) is 1.40. The van der Waals surface area contributed by atoms with E-state index in [-0.39, 0.29) is 6.04 Å². The van der Waals surface area contributed by atoms with Gasteiger partial charge in [-0.15, -0.1) is 0 Å². The first kappa shape index (κ1) is 20.3. The Morgan fingerprint density at radius 2 is 1.38 bits per heavy atom. The van der Waals surface area contributed by atoms with E-state index in [1.165, 1.54) is 33.3 Å². The van der Waals surface area contributed by atoms with E-state index >= 15 is 0 Å². The zero-order valence-corrected chi connectivity index (χ0v) is 18.2. The third-order valence-corrected chi connectivity index (χ3v) is 7.77. The molecule has 2 heteroatoms. The van der Waals surface area contributed by atoms with E-state index in [2.05, 4.69) is 130 Å². The second kappa shape index (κ2) is 9.24. The lowest BCUT2D eigenvalue weighted by Gasteiger charge is -2.37. The molecule has 0 aliphatic heterocycles. The molecule has 3 aromatic rings. The van der Waals surface area contributed by atoms with Crippen molar-refractivity contribution in [3.8, 4) is 0 Å². The van der Waals surface area contributed by atoms with Crippen LogP contribution in [0.2, 0.25) is 0 Å². The van der Waals surface area contributed by atoms with E-state index in [4.69, 9.17) is 0 Å². The van der Waals surface area contributed by atoms with Crippen LogP contribution in [0.1, 0.15) is 17.2 Å². The minimum atomic E-state index is -0.620. The van der Waals surface area contributed by atoms with Crippen molar-refractivity contribution in [2.75, 3.05) is 14.1 Å². The van der Waals surface area contributed by atoms with Crippen molar-refractivity contribution in [2.24, 2.45) is 0 Å². The van der Waals surface area contributed by atoms with Gasteiger partial charge in [0, 0.05) is 17.6 Å². The van der Waals surface area contributed by atoms with Gasteiger partial charge in [-0.05, 0) is 64.4 Å². The lowest BCUT2D eigenvalue weighted by molar-refractivity contribution is 0.319. The van der Waals surface area contributed by atoms with Crippen LogP contribution >= 0.6 is 7.92 Å². The minimum absolute atomic E-state index is 0.236. The molecule has 0 amide bonds. The molecule has 0 spiro atoms. The molecule has 1 aliphatic rings. The molecule has 0 N–H and O–H groups in total. The van der Waals surface area contributed by atoms with E-state index < -0.39 is 7.92 Å². The molecule has 3 aromatic carbocycles. The normalized spacial score (nSPS) is 17.5.